The van der Waals surface area contributed by atoms with Gasteiger partial charge in [-0.1, -0.05) is 0 Å². The van der Waals surface area contributed by atoms with Gasteiger partial charge in [-0.2, -0.15) is 79.0 Å². The lowest BCUT2D eigenvalue weighted by molar-refractivity contribution is -0.567. The maximum absolute atomic E-state index is 13.6. The maximum atomic E-state index is 13.6. The Morgan fingerprint density at radius 3 is 0.694 bits per heavy atom. The number of ether oxygens (including phenoxy) is 4. The molecule has 0 aliphatic heterocycles. The van der Waals surface area contributed by atoms with Gasteiger partial charge in [0.25, 0.3) is 11.9 Å². The molecule has 2 unspecified atom stereocenters. The Labute approximate surface area is 184 Å². The van der Waals surface area contributed by atoms with E-state index in [1.807, 2.05) is 0 Å². The summed E-state index contributed by atoms with van der Waals surface area (Å²) in [6, 6.07) is 0. The fourth-order valence-corrected chi connectivity index (χ4v) is 1.60. The first-order chi connectivity index (χ1) is 15.1. The first-order valence-corrected chi connectivity index (χ1v) is 7.73. The molecule has 0 aromatic carbocycles. The Morgan fingerprint density at radius 2 is 0.528 bits per heavy atom. The Balaban J connectivity index is 6.11. The second kappa shape index (κ2) is 9.06. The molecule has 0 aromatic heterocycles. The molecule has 2 N–H and O–H groups in total. The summed E-state index contributed by atoms with van der Waals surface area (Å²) in [6.07, 6.45) is -42.2. The fourth-order valence-electron chi connectivity index (χ4n) is 1.60. The lowest BCUT2D eigenvalue weighted by Crippen LogP contribution is -2.67. The third-order valence-corrected chi connectivity index (χ3v) is 3.06. The molecule has 0 amide bonds. The second-order valence-corrected chi connectivity index (χ2v) is 6.42. The van der Waals surface area contributed by atoms with Gasteiger partial charge in [0.1, 0.15) is 0 Å². The predicted molar refractivity (Wildman–Crippen MR) is 67.4 cm³/mol. The highest BCUT2D eigenvalue weighted by atomic mass is 19.4. The number of aliphatic hydroxyl groups is 2. The molecule has 6 nitrogen and oxygen atoms in total. The van der Waals surface area contributed by atoms with Crippen LogP contribution in [0.5, 0.6) is 0 Å². The van der Waals surface area contributed by atoms with Crippen LogP contribution in [0.25, 0.3) is 0 Å². The van der Waals surface area contributed by atoms with Crippen molar-refractivity contribution in [2.45, 2.75) is 74.4 Å². The van der Waals surface area contributed by atoms with Crippen LogP contribution >= 0.6 is 0 Å². The molecule has 0 saturated heterocycles. The Bertz CT molecular complexity index is 706. The topological polar surface area (TPSA) is 77.4 Å². The summed E-state index contributed by atoms with van der Waals surface area (Å²) < 4.78 is 239. The number of hydrogen-bond acceptors (Lipinski definition) is 6. The Hall–Kier alpha value is -1.50. The average Bonchev–Trinajstić information content (AvgIpc) is 2.47. The van der Waals surface area contributed by atoms with Gasteiger partial charge in [0, 0.05) is 13.8 Å². The van der Waals surface area contributed by atoms with Gasteiger partial charge in [0.05, 0.1) is 0 Å². The first-order valence-electron chi connectivity index (χ1n) is 7.73. The second-order valence-electron chi connectivity index (χ2n) is 6.42. The largest absolute Gasteiger partial charge is 0.483 e. The number of hydrogen-bond donors (Lipinski definition) is 2. The van der Waals surface area contributed by atoms with Crippen LogP contribution in [0, 0.1) is 0 Å². The summed E-state index contributed by atoms with van der Waals surface area (Å²) in [6.45, 7) is -1.75. The van der Waals surface area contributed by atoms with E-state index in [0.29, 0.717) is 0 Å². The number of alkyl halides is 18. The van der Waals surface area contributed by atoms with E-state index in [9.17, 15) is 79.0 Å². The summed E-state index contributed by atoms with van der Waals surface area (Å²) in [5.74, 6) is -26.5. The Morgan fingerprint density at radius 1 is 0.361 bits per heavy atom. The minimum atomic E-state index is -7.94. The van der Waals surface area contributed by atoms with E-state index in [-0.39, 0.29) is 0 Å². The van der Waals surface area contributed by atoms with Crippen LogP contribution in [0.4, 0.5) is 79.0 Å². The van der Waals surface area contributed by atoms with Crippen molar-refractivity contribution < 1.29 is 108 Å². The Kier molecular flexibility index (Phi) is 8.68. The monoisotopic (exact) mass is 590 g/mol. The van der Waals surface area contributed by atoms with E-state index in [2.05, 4.69) is 18.9 Å². The van der Waals surface area contributed by atoms with E-state index in [4.69, 9.17) is 10.2 Å². The lowest BCUT2D eigenvalue weighted by atomic mass is 10.1. The van der Waals surface area contributed by atoms with Crippen LogP contribution in [0.2, 0.25) is 0 Å². The quantitative estimate of drug-likeness (QED) is 0.256. The number of halogens is 18. The van der Waals surface area contributed by atoms with E-state index in [1.54, 1.807) is 0 Å². The summed E-state index contributed by atoms with van der Waals surface area (Å²) in [7, 11) is 0. The van der Waals surface area contributed by atoms with Crippen molar-refractivity contribution >= 4 is 0 Å². The molecule has 0 heterocycles. The molecule has 0 saturated carbocycles. The van der Waals surface area contributed by atoms with Crippen molar-refractivity contribution in [3.05, 3.63) is 0 Å². The van der Waals surface area contributed by atoms with Gasteiger partial charge in [-0.05, 0) is 0 Å². The standard InChI is InChI=1S/C12H8F18O6/c1-3(31,35-11(27,28)7(17,18)19)33-9(23,24)5(13,14)6(15,16)10(25,26)34-4(2,32)36-12(29,30)8(20,21)22/h31-32H,1-2H3. The smallest absolute Gasteiger partial charge is 0.343 e. The molecule has 0 spiro atoms. The molecule has 0 rings (SSSR count). The molecule has 24 heteroatoms. The molecule has 2 atom stereocenters. The molecule has 0 aromatic rings. The van der Waals surface area contributed by atoms with Gasteiger partial charge in [-0.3, -0.25) is 18.9 Å². The lowest BCUT2D eigenvalue weighted by Gasteiger charge is -2.40. The maximum Gasteiger partial charge on any atom is 0.483 e. The summed E-state index contributed by atoms with van der Waals surface area (Å²) in [5.41, 5.74) is 0. The van der Waals surface area contributed by atoms with E-state index in [1.165, 1.54) is 0 Å². The van der Waals surface area contributed by atoms with Crippen LogP contribution in [-0.4, -0.2) is 70.8 Å². The molecule has 0 fully saturated rings. The van der Waals surface area contributed by atoms with Crippen LogP contribution in [0.3, 0.4) is 0 Å². The SMILES string of the molecule is CC(O)(OC(F)(F)C(F)(F)F)OC(F)(F)C(F)(F)C(F)(F)C(F)(F)OC(C)(O)OC(F)(F)C(F)(F)F. The minimum absolute atomic E-state index is 0.874. The van der Waals surface area contributed by atoms with Gasteiger partial charge in [-0.25, -0.2) is 0 Å². The van der Waals surface area contributed by atoms with Gasteiger partial charge in [0.15, 0.2) is 0 Å². The highest BCUT2D eigenvalue weighted by molar-refractivity contribution is 4.98. The van der Waals surface area contributed by atoms with Crippen molar-refractivity contribution in [1.29, 1.82) is 0 Å². The third kappa shape index (κ3) is 7.08. The first kappa shape index (κ1) is 34.5. The van der Waals surface area contributed by atoms with Crippen LogP contribution in [0.15, 0.2) is 0 Å². The predicted octanol–water partition coefficient (Wildman–Crippen LogP) is 5.15. The van der Waals surface area contributed by atoms with Crippen molar-refractivity contribution in [3.63, 3.8) is 0 Å². The van der Waals surface area contributed by atoms with Crippen molar-refractivity contribution in [2.75, 3.05) is 0 Å². The zero-order chi connectivity index (χ0) is 29.8. The summed E-state index contributed by atoms with van der Waals surface area (Å²) >= 11 is 0. The van der Waals surface area contributed by atoms with Crippen LogP contribution < -0.4 is 0 Å². The average molecular weight is 590 g/mol. The van der Waals surface area contributed by atoms with Crippen LogP contribution in [-0.2, 0) is 18.9 Å². The molecule has 0 aliphatic rings. The van der Waals surface area contributed by atoms with E-state index >= 15 is 0 Å². The van der Waals surface area contributed by atoms with Gasteiger partial charge in [0.2, 0.25) is 0 Å². The van der Waals surface area contributed by atoms with E-state index in [0.717, 1.165) is 0 Å². The van der Waals surface area contributed by atoms with Crippen molar-refractivity contribution in [2.24, 2.45) is 0 Å². The van der Waals surface area contributed by atoms with Gasteiger partial charge < -0.3 is 10.2 Å². The molecule has 0 bridgehead atoms. The van der Waals surface area contributed by atoms with Crippen molar-refractivity contribution in [3.8, 4) is 0 Å². The third-order valence-electron chi connectivity index (χ3n) is 3.06. The number of rotatable bonds is 11. The zero-order valence-corrected chi connectivity index (χ0v) is 16.3. The normalized spacial score (nSPS) is 19.2. The highest BCUT2D eigenvalue weighted by Crippen LogP contribution is 2.55. The van der Waals surface area contributed by atoms with Crippen LogP contribution in [0.1, 0.15) is 13.8 Å². The molecular weight excluding hydrogens is 582 g/mol. The fraction of sp³-hybridized carbons (Fsp3) is 1.00. The zero-order valence-electron chi connectivity index (χ0n) is 16.3. The molecule has 0 radical (unpaired) electrons. The van der Waals surface area contributed by atoms with E-state index < -0.39 is 74.4 Å². The van der Waals surface area contributed by atoms with Crippen molar-refractivity contribution in [1.82, 2.24) is 0 Å². The molecule has 36 heavy (non-hydrogen) atoms. The molecule has 0 aliphatic carbocycles. The van der Waals surface area contributed by atoms with Gasteiger partial charge in [-0.15, -0.1) is 0 Å². The highest BCUT2D eigenvalue weighted by Gasteiger charge is 2.84. The van der Waals surface area contributed by atoms with Gasteiger partial charge >= 0.3 is 48.6 Å². The minimum Gasteiger partial charge on any atom is -0.343 e. The summed E-state index contributed by atoms with van der Waals surface area (Å²) in [5, 5.41) is 17.6. The molecule has 218 valence electrons. The molecular formula is C12H8F18O6. The summed E-state index contributed by atoms with van der Waals surface area (Å²) in [4.78, 5) is 0.